The lowest BCUT2D eigenvalue weighted by Gasteiger charge is -2.30. The van der Waals surface area contributed by atoms with Crippen molar-refractivity contribution in [2.45, 2.75) is 19.9 Å². The standard InChI is InChI=1S/C15H23N3O3/c1-5-18(10(2)8-17(3)4)15(19)11-6-13-14(7-12(11)16)21-9-20-13/h6-7,10H,5,8-9,16H2,1-4H3. The van der Waals surface area contributed by atoms with E-state index < -0.39 is 0 Å². The Morgan fingerprint density at radius 1 is 1.33 bits per heavy atom. The van der Waals surface area contributed by atoms with Gasteiger partial charge < -0.3 is 25.0 Å². The van der Waals surface area contributed by atoms with Gasteiger partial charge in [0.15, 0.2) is 11.5 Å². The number of hydrogen-bond donors (Lipinski definition) is 1. The zero-order valence-corrected chi connectivity index (χ0v) is 13.0. The van der Waals surface area contributed by atoms with Crippen LogP contribution in [0.4, 0.5) is 5.69 Å². The molecule has 0 aliphatic carbocycles. The average Bonchev–Trinajstić information content (AvgIpc) is 2.84. The normalized spacial score (nSPS) is 14.3. The molecule has 0 saturated heterocycles. The van der Waals surface area contributed by atoms with E-state index in [-0.39, 0.29) is 18.7 Å². The first-order valence-electron chi connectivity index (χ1n) is 7.08. The van der Waals surface area contributed by atoms with E-state index in [4.69, 9.17) is 15.2 Å². The lowest BCUT2D eigenvalue weighted by Crippen LogP contribution is -2.43. The number of nitrogen functional groups attached to an aromatic ring is 1. The van der Waals surface area contributed by atoms with Crippen molar-refractivity contribution in [1.29, 1.82) is 0 Å². The average molecular weight is 293 g/mol. The minimum absolute atomic E-state index is 0.0809. The van der Waals surface area contributed by atoms with Crippen LogP contribution in [-0.2, 0) is 0 Å². The van der Waals surface area contributed by atoms with Crippen molar-refractivity contribution in [3.63, 3.8) is 0 Å². The van der Waals surface area contributed by atoms with Crippen molar-refractivity contribution in [2.24, 2.45) is 0 Å². The molecule has 2 rings (SSSR count). The molecule has 21 heavy (non-hydrogen) atoms. The number of likely N-dealkylation sites (N-methyl/N-ethyl adjacent to an activating group) is 2. The topological polar surface area (TPSA) is 68.0 Å². The van der Waals surface area contributed by atoms with E-state index in [9.17, 15) is 4.79 Å². The Balaban J connectivity index is 2.25. The molecule has 2 N–H and O–H groups in total. The Morgan fingerprint density at radius 2 is 1.95 bits per heavy atom. The highest BCUT2D eigenvalue weighted by Crippen LogP contribution is 2.36. The second kappa shape index (κ2) is 6.22. The molecule has 1 amide bonds. The van der Waals surface area contributed by atoms with E-state index in [1.54, 1.807) is 12.1 Å². The van der Waals surface area contributed by atoms with Crippen LogP contribution in [0.2, 0.25) is 0 Å². The summed E-state index contributed by atoms with van der Waals surface area (Å²) in [7, 11) is 3.98. The van der Waals surface area contributed by atoms with Crippen LogP contribution in [0.1, 0.15) is 24.2 Å². The maximum atomic E-state index is 12.8. The highest BCUT2D eigenvalue weighted by Gasteiger charge is 2.25. The third-order valence-corrected chi connectivity index (χ3v) is 3.54. The van der Waals surface area contributed by atoms with Gasteiger partial charge in [-0.05, 0) is 34.0 Å². The van der Waals surface area contributed by atoms with Crippen LogP contribution in [0.25, 0.3) is 0 Å². The molecule has 1 aliphatic rings. The Morgan fingerprint density at radius 3 is 2.52 bits per heavy atom. The molecule has 6 nitrogen and oxygen atoms in total. The molecule has 0 fully saturated rings. The molecule has 1 aliphatic heterocycles. The van der Waals surface area contributed by atoms with Gasteiger partial charge in [-0.25, -0.2) is 0 Å². The lowest BCUT2D eigenvalue weighted by molar-refractivity contribution is 0.0679. The summed E-state index contributed by atoms with van der Waals surface area (Å²) in [5.41, 5.74) is 6.88. The fourth-order valence-electron chi connectivity index (χ4n) is 2.58. The first kappa shape index (κ1) is 15.4. The van der Waals surface area contributed by atoms with E-state index in [0.29, 0.717) is 29.3 Å². The number of anilines is 1. The molecule has 1 aromatic rings. The molecule has 6 heteroatoms. The summed E-state index contributed by atoms with van der Waals surface area (Å²) in [6.07, 6.45) is 0. The van der Waals surface area contributed by atoms with Gasteiger partial charge in [0.2, 0.25) is 6.79 Å². The Kier molecular flexibility index (Phi) is 4.57. The zero-order chi connectivity index (χ0) is 15.6. The molecule has 1 aromatic carbocycles. The zero-order valence-electron chi connectivity index (χ0n) is 13.0. The van der Waals surface area contributed by atoms with Crippen LogP contribution in [0.15, 0.2) is 12.1 Å². The van der Waals surface area contributed by atoms with E-state index in [2.05, 4.69) is 4.90 Å². The molecule has 0 saturated carbocycles. The van der Waals surface area contributed by atoms with Crippen molar-refractivity contribution in [3.05, 3.63) is 17.7 Å². The third kappa shape index (κ3) is 3.21. The van der Waals surface area contributed by atoms with Gasteiger partial charge in [-0.2, -0.15) is 0 Å². The first-order chi connectivity index (χ1) is 9.93. The number of ether oxygens (including phenoxy) is 2. The molecule has 116 valence electrons. The number of nitrogens with zero attached hydrogens (tertiary/aromatic N) is 2. The second-order valence-corrected chi connectivity index (χ2v) is 5.50. The molecule has 0 radical (unpaired) electrons. The van der Waals surface area contributed by atoms with Gasteiger partial charge in [0, 0.05) is 30.9 Å². The van der Waals surface area contributed by atoms with Gasteiger partial charge in [0.05, 0.1) is 5.56 Å². The van der Waals surface area contributed by atoms with Gasteiger partial charge in [-0.3, -0.25) is 4.79 Å². The van der Waals surface area contributed by atoms with Crippen LogP contribution in [0.3, 0.4) is 0 Å². The molecule has 1 heterocycles. The lowest BCUT2D eigenvalue weighted by atomic mass is 10.1. The van der Waals surface area contributed by atoms with Crippen LogP contribution >= 0.6 is 0 Å². The number of benzene rings is 1. The highest BCUT2D eigenvalue weighted by atomic mass is 16.7. The molecule has 1 atom stereocenters. The summed E-state index contributed by atoms with van der Waals surface area (Å²) >= 11 is 0. The SMILES string of the molecule is CCN(C(=O)c1cc2c(cc1N)OCO2)C(C)CN(C)C. The summed E-state index contributed by atoms with van der Waals surface area (Å²) in [6.45, 7) is 5.59. The number of rotatable bonds is 5. The highest BCUT2D eigenvalue weighted by molar-refractivity contribution is 6.00. The number of hydrogen-bond acceptors (Lipinski definition) is 5. The van der Waals surface area contributed by atoms with Crippen molar-refractivity contribution in [2.75, 3.05) is 39.7 Å². The quantitative estimate of drug-likeness (QED) is 0.831. The van der Waals surface area contributed by atoms with Crippen molar-refractivity contribution >= 4 is 11.6 Å². The van der Waals surface area contributed by atoms with Crippen LogP contribution < -0.4 is 15.2 Å². The first-order valence-corrected chi connectivity index (χ1v) is 7.08. The number of carbonyl (C=O) groups is 1. The van der Waals surface area contributed by atoms with Gasteiger partial charge in [0.25, 0.3) is 5.91 Å². The molecule has 0 aromatic heterocycles. The Labute approximate surface area is 125 Å². The van der Waals surface area contributed by atoms with Crippen molar-refractivity contribution < 1.29 is 14.3 Å². The molecular formula is C15H23N3O3. The summed E-state index contributed by atoms with van der Waals surface area (Å²) < 4.78 is 10.6. The Bertz CT molecular complexity index is 531. The van der Waals surface area contributed by atoms with Crippen LogP contribution in [0.5, 0.6) is 11.5 Å². The van der Waals surface area contributed by atoms with Gasteiger partial charge in [-0.1, -0.05) is 0 Å². The van der Waals surface area contributed by atoms with E-state index >= 15 is 0 Å². The summed E-state index contributed by atoms with van der Waals surface area (Å²) in [5.74, 6) is 1.08. The number of nitrogens with two attached hydrogens (primary N) is 1. The smallest absolute Gasteiger partial charge is 0.256 e. The third-order valence-electron chi connectivity index (χ3n) is 3.54. The molecule has 0 bridgehead atoms. The minimum Gasteiger partial charge on any atom is -0.454 e. The molecule has 0 spiro atoms. The van der Waals surface area contributed by atoms with Gasteiger partial charge in [-0.15, -0.1) is 0 Å². The van der Waals surface area contributed by atoms with Gasteiger partial charge >= 0.3 is 0 Å². The monoisotopic (exact) mass is 293 g/mol. The maximum Gasteiger partial charge on any atom is 0.256 e. The largest absolute Gasteiger partial charge is 0.454 e. The van der Waals surface area contributed by atoms with Crippen molar-refractivity contribution in [3.8, 4) is 11.5 Å². The minimum atomic E-state index is -0.0809. The van der Waals surface area contributed by atoms with Crippen molar-refractivity contribution in [1.82, 2.24) is 9.80 Å². The summed E-state index contributed by atoms with van der Waals surface area (Å²) in [5, 5.41) is 0. The maximum absolute atomic E-state index is 12.8. The van der Waals surface area contributed by atoms with E-state index in [1.165, 1.54) is 0 Å². The summed E-state index contributed by atoms with van der Waals surface area (Å²) in [6, 6.07) is 3.42. The number of amides is 1. The number of fused-ring (bicyclic) bond motifs is 1. The van der Waals surface area contributed by atoms with Gasteiger partial charge in [0.1, 0.15) is 0 Å². The van der Waals surface area contributed by atoms with Crippen LogP contribution in [-0.4, -0.2) is 55.7 Å². The number of carbonyl (C=O) groups excluding carboxylic acids is 1. The second-order valence-electron chi connectivity index (χ2n) is 5.50. The van der Waals surface area contributed by atoms with E-state index in [1.807, 2.05) is 32.8 Å². The predicted molar refractivity (Wildman–Crippen MR) is 81.7 cm³/mol. The molecule has 1 unspecified atom stereocenters. The fraction of sp³-hybridized carbons (Fsp3) is 0.533. The van der Waals surface area contributed by atoms with E-state index in [0.717, 1.165) is 6.54 Å². The Hall–Kier alpha value is -1.95. The fourth-order valence-corrected chi connectivity index (χ4v) is 2.58. The summed E-state index contributed by atoms with van der Waals surface area (Å²) in [4.78, 5) is 16.6. The predicted octanol–water partition coefficient (Wildman–Crippen LogP) is 1.41. The molecular weight excluding hydrogens is 270 g/mol. The van der Waals surface area contributed by atoms with Crippen LogP contribution in [0, 0.1) is 0 Å².